The van der Waals surface area contributed by atoms with Gasteiger partial charge in [-0.3, -0.25) is 4.79 Å². The Bertz CT molecular complexity index is 392. The van der Waals surface area contributed by atoms with E-state index in [9.17, 15) is 19.4 Å². The molecule has 5 heteroatoms. The number of hydrogen-bond donors (Lipinski definition) is 3. The molecule has 0 spiro atoms. The molecular formula is C11H13FO4. The molecule has 3 N–H and O–H groups in total. The highest BCUT2D eigenvalue weighted by atomic mass is 19.1. The molecule has 0 aliphatic rings. The van der Waals surface area contributed by atoms with Gasteiger partial charge in [0.05, 0.1) is 12.5 Å². The van der Waals surface area contributed by atoms with Gasteiger partial charge in [-0.15, -0.1) is 0 Å². The number of carbonyl (C=O) groups is 1. The molecule has 0 saturated carbocycles. The van der Waals surface area contributed by atoms with Crippen molar-refractivity contribution in [2.45, 2.75) is 25.6 Å². The van der Waals surface area contributed by atoms with Gasteiger partial charge in [0.25, 0.3) is 0 Å². The van der Waals surface area contributed by atoms with E-state index in [0.29, 0.717) is 11.1 Å². The quantitative estimate of drug-likeness (QED) is 0.718. The molecule has 0 aliphatic carbocycles. The molecule has 0 amide bonds. The van der Waals surface area contributed by atoms with Crippen LogP contribution in [0.15, 0.2) is 18.2 Å². The Morgan fingerprint density at radius 1 is 1.44 bits per heavy atom. The molecule has 0 bridgehead atoms. The standard InChI is InChI=1S/C11H13FO4/c1-6-4-7(12)2-3-8(6)11(16)9(13)5-10(14)15/h2-4,9,11,13,16H,5H2,1H3,(H,14,15). The van der Waals surface area contributed by atoms with E-state index in [1.165, 1.54) is 12.1 Å². The minimum atomic E-state index is -1.40. The van der Waals surface area contributed by atoms with Crippen LogP contribution in [0.2, 0.25) is 0 Å². The Labute approximate surface area is 92.0 Å². The SMILES string of the molecule is Cc1cc(F)ccc1C(O)C(O)CC(=O)O. The molecule has 0 aliphatic heterocycles. The number of carboxylic acids is 1. The van der Waals surface area contributed by atoms with E-state index >= 15 is 0 Å². The molecule has 1 aromatic rings. The first-order valence-corrected chi connectivity index (χ1v) is 4.75. The third-order valence-electron chi connectivity index (χ3n) is 2.30. The number of aryl methyl sites for hydroxylation is 1. The highest BCUT2D eigenvalue weighted by Gasteiger charge is 2.22. The minimum absolute atomic E-state index is 0.329. The van der Waals surface area contributed by atoms with Crippen molar-refractivity contribution >= 4 is 5.97 Å². The first-order chi connectivity index (χ1) is 7.41. The minimum Gasteiger partial charge on any atom is -0.481 e. The summed E-state index contributed by atoms with van der Waals surface area (Å²) in [6.45, 7) is 1.58. The van der Waals surface area contributed by atoms with Crippen LogP contribution >= 0.6 is 0 Å². The van der Waals surface area contributed by atoms with Crippen molar-refractivity contribution in [2.24, 2.45) is 0 Å². The predicted molar refractivity (Wildman–Crippen MR) is 54.4 cm³/mol. The fraction of sp³-hybridized carbons (Fsp3) is 0.364. The molecule has 88 valence electrons. The average Bonchev–Trinajstić information content (AvgIpc) is 2.15. The number of aliphatic hydroxyl groups excluding tert-OH is 2. The zero-order valence-electron chi connectivity index (χ0n) is 8.72. The maximum absolute atomic E-state index is 12.8. The van der Waals surface area contributed by atoms with E-state index in [0.717, 1.165) is 6.07 Å². The molecule has 16 heavy (non-hydrogen) atoms. The van der Waals surface area contributed by atoms with E-state index in [4.69, 9.17) is 5.11 Å². The van der Waals surface area contributed by atoms with Crippen molar-refractivity contribution in [1.82, 2.24) is 0 Å². The number of aliphatic carboxylic acids is 1. The van der Waals surface area contributed by atoms with Gasteiger partial charge in [-0.05, 0) is 30.2 Å². The van der Waals surface area contributed by atoms with E-state index in [2.05, 4.69) is 0 Å². The lowest BCUT2D eigenvalue weighted by Gasteiger charge is -2.18. The van der Waals surface area contributed by atoms with Crippen LogP contribution < -0.4 is 0 Å². The van der Waals surface area contributed by atoms with E-state index in [-0.39, 0.29) is 0 Å². The molecule has 2 atom stereocenters. The van der Waals surface area contributed by atoms with Crippen molar-refractivity contribution in [2.75, 3.05) is 0 Å². The Balaban J connectivity index is 2.87. The first kappa shape index (κ1) is 12.6. The summed E-state index contributed by atoms with van der Waals surface area (Å²) in [6.07, 6.45) is -3.28. The van der Waals surface area contributed by atoms with Gasteiger partial charge in [0.2, 0.25) is 0 Å². The van der Waals surface area contributed by atoms with Crippen LogP contribution in [0.1, 0.15) is 23.7 Å². The predicted octanol–water partition coefficient (Wildman–Crippen LogP) is 1.00. The molecule has 0 fully saturated rings. The highest BCUT2D eigenvalue weighted by molar-refractivity contribution is 5.67. The second-order valence-corrected chi connectivity index (χ2v) is 3.61. The number of carboxylic acid groups (broad SMARTS) is 1. The van der Waals surface area contributed by atoms with Crippen molar-refractivity contribution in [1.29, 1.82) is 0 Å². The van der Waals surface area contributed by atoms with Crippen LogP contribution in [0.3, 0.4) is 0 Å². The summed E-state index contributed by atoms with van der Waals surface area (Å²) in [5.74, 6) is -1.65. The van der Waals surface area contributed by atoms with Crippen molar-refractivity contribution in [3.8, 4) is 0 Å². The van der Waals surface area contributed by atoms with Gasteiger partial charge in [-0.25, -0.2) is 4.39 Å². The number of hydrogen-bond acceptors (Lipinski definition) is 3. The van der Waals surface area contributed by atoms with Gasteiger partial charge >= 0.3 is 5.97 Å². The average molecular weight is 228 g/mol. The largest absolute Gasteiger partial charge is 0.481 e. The second kappa shape index (κ2) is 5.05. The summed E-state index contributed by atoms with van der Waals surface area (Å²) in [5, 5.41) is 27.5. The zero-order chi connectivity index (χ0) is 12.3. The van der Waals surface area contributed by atoms with Crippen LogP contribution in [0.4, 0.5) is 4.39 Å². The Morgan fingerprint density at radius 3 is 2.56 bits per heavy atom. The van der Waals surface area contributed by atoms with E-state index in [1.807, 2.05) is 0 Å². The van der Waals surface area contributed by atoms with Crippen LogP contribution in [0.25, 0.3) is 0 Å². The summed E-state index contributed by atoms with van der Waals surface area (Å²) in [5.41, 5.74) is 0.798. The number of rotatable bonds is 4. The first-order valence-electron chi connectivity index (χ1n) is 4.75. The number of aliphatic hydroxyl groups is 2. The topological polar surface area (TPSA) is 77.8 Å². The maximum atomic E-state index is 12.8. The summed E-state index contributed by atoms with van der Waals surface area (Å²) in [4.78, 5) is 10.4. The molecule has 0 radical (unpaired) electrons. The Morgan fingerprint density at radius 2 is 2.06 bits per heavy atom. The fourth-order valence-electron chi connectivity index (χ4n) is 1.47. The van der Waals surface area contributed by atoms with Crippen LogP contribution in [0.5, 0.6) is 0 Å². The van der Waals surface area contributed by atoms with Gasteiger partial charge in [-0.2, -0.15) is 0 Å². The van der Waals surface area contributed by atoms with Gasteiger partial charge < -0.3 is 15.3 Å². The van der Waals surface area contributed by atoms with E-state index in [1.54, 1.807) is 6.92 Å². The summed E-state index contributed by atoms with van der Waals surface area (Å²) < 4.78 is 12.8. The summed E-state index contributed by atoms with van der Waals surface area (Å²) >= 11 is 0. The molecule has 2 unspecified atom stereocenters. The normalized spacial score (nSPS) is 14.5. The molecule has 0 heterocycles. The maximum Gasteiger partial charge on any atom is 0.306 e. The molecule has 4 nitrogen and oxygen atoms in total. The van der Waals surface area contributed by atoms with Crippen molar-refractivity contribution in [3.05, 3.63) is 35.1 Å². The third kappa shape index (κ3) is 3.01. The van der Waals surface area contributed by atoms with Gasteiger partial charge in [0.1, 0.15) is 11.9 Å². The monoisotopic (exact) mass is 228 g/mol. The molecule has 0 aromatic heterocycles. The fourth-order valence-corrected chi connectivity index (χ4v) is 1.47. The van der Waals surface area contributed by atoms with Crippen molar-refractivity contribution in [3.63, 3.8) is 0 Å². The summed E-state index contributed by atoms with van der Waals surface area (Å²) in [6, 6.07) is 3.70. The zero-order valence-corrected chi connectivity index (χ0v) is 8.72. The number of halogens is 1. The lowest BCUT2D eigenvalue weighted by molar-refractivity contribution is -0.141. The third-order valence-corrected chi connectivity index (χ3v) is 2.30. The smallest absolute Gasteiger partial charge is 0.306 e. The second-order valence-electron chi connectivity index (χ2n) is 3.61. The van der Waals surface area contributed by atoms with Crippen LogP contribution in [-0.2, 0) is 4.79 Å². The molecule has 1 rings (SSSR count). The lowest BCUT2D eigenvalue weighted by Crippen LogP contribution is -2.22. The summed E-state index contributed by atoms with van der Waals surface area (Å²) in [7, 11) is 0. The van der Waals surface area contributed by atoms with Crippen LogP contribution in [-0.4, -0.2) is 27.4 Å². The van der Waals surface area contributed by atoms with Gasteiger partial charge in [0, 0.05) is 0 Å². The van der Waals surface area contributed by atoms with Gasteiger partial charge in [0.15, 0.2) is 0 Å². The van der Waals surface area contributed by atoms with E-state index < -0.39 is 30.4 Å². The molecular weight excluding hydrogens is 215 g/mol. The molecule has 0 saturated heterocycles. The number of benzene rings is 1. The molecule has 1 aromatic carbocycles. The Hall–Kier alpha value is -1.46. The Kier molecular flexibility index (Phi) is 3.98. The highest BCUT2D eigenvalue weighted by Crippen LogP contribution is 2.23. The van der Waals surface area contributed by atoms with Crippen molar-refractivity contribution < 1.29 is 24.5 Å². The van der Waals surface area contributed by atoms with Crippen LogP contribution in [0, 0.1) is 12.7 Å². The van der Waals surface area contributed by atoms with Gasteiger partial charge in [-0.1, -0.05) is 6.07 Å². The lowest BCUT2D eigenvalue weighted by atomic mass is 9.98.